The highest BCUT2D eigenvalue weighted by Gasteiger charge is 2.17. The second-order valence-corrected chi connectivity index (χ2v) is 5.51. The lowest BCUT2D eigenvalue weighted by Gasteiger charge is -2.02. The molecule has 0 aliphatic rings. The Labute approximate surface area is 94.1 Å². The van der Waals surface area contributed by atoms with Gasteiger partial charge in [0.25, 0.3) is 10.0 Å². The van der Waals surface area contributed by atoms with Crippen molar-refractivity contribution in [2.45, 2.75) is 19.8 Å². The Balaban J connectivity index is 2.47. The molecule has 16 heavy (non-hydrogen) atoms. The van der Waals surface area contributed by atoms with E-state index in [1.807, 2.05) is 6.92 Å². The predicted molar refractivity (Wildman–Crippen MR) is 61.6 cm³/mol. The first-order valence-electron chi connectivity index (χ1n) is 5.19. The monoisotopic (exact) mass is 239 g/mol. The molecule has 0 bridgehead atoms. The third kappa shape index (κ3) is 1.92. The Morgan fingerprint density at radius 2 is 2.06 bits per heavy atom. The molecular weight excluding hydrogens is 226 g/mol. The average molecular weight is 239 g/mol. The summed E-state index contributed by atoms with van der Waals surface area (Å²) in [5.74, 6) is 0.108. The summed E-state index contributed by atoms with van der Waals surface area (Å²) in [6, 6.07) is 7.03. The second-order valence-electron chi connectivity index (χ2n) is 3.59. The Morgan fingerprint density at radius 3 is 2.81 bits per heavy atom. The van der Waals surface area contributed by atoms with E-state index in [1.165, 1.54) is 0 Å². The van der Waals surface area contributed by atoms with Gasteiger partial charge in [-0.2, -0.15) is 0 Å². The summed E-state index contributed by atoms with van der Waals surface area (Å²) in [5.41, 5.74) is 1.14. The molecule has 2 rings (SSSR count). The van der Waals surface area contributed by atoms with Crippen molar-refractivity contribution in [2.24, 2.45) is 0 Å². The van der Waals surface area contributed by atoms with Crippen molar-refractivity contribution in [1.82, 2.24) is 14.4 Å². The standard InChI is InChI=1S/C10H13N3O2S/c1-2-3-8-16(14,15)13-10-7-5-4-6-9(10)11-12-13/h4-7H,2-3,8H2,1H3. The van der Waals surface area contributed by atoms with Gasteiger partial charge in [0.1, 0.15) is 11.0 Å². The lowest BCUT2D eigenvalue weighted by Crippen LogP contribution is -2.17. The van der Waals surface area contributed by atoms with Crippen molar-refractivity contribution in [1.29, 1.82) is 0 Å². The van der Waals surface area contributed by atoms with Crippen LogP contribution in [0.1, 0.15) is 19.8 Å². The fraction of sp³-hybridized carbons (Fsp3) is 0.400. The molecule has 0 aliphatic carbocycles. The van der Waals surface area contributed by atoms with E-state index in [1.54, 1.807) is 24.3 Å². The smallest absolute Gasteiger partial charge is 0.205 e. The second kappa shape index (κ2) is 4.21. The van der Waals surface area contributed by atoms with E-state index in [-0.39, 0.29) is 5.75 Å². The van der Waals surface area contributed by atoms with E-state index in [2.05, 4.69) is 10.3 Å². The topological polar surface area (TPSA) is 64.8 Å². The summed E-state index contributed by atoms with van der Waals surface area (Å²) in [6.45, 7) is 1.95. The molecule has 1 aromatic carbocycles. The van der Waals surface area contributed by atoms with Crippen molar-refractivity contribution in [3.8, 4) is 0 Å². The number of hydrogen-bond donors (Lipinski definition) is 0. The maximum Gasteiger partial charge on any atom is 0.255 e. The lowest BCUT2D eigenvalue weighted by atomic mass is 10.3. The third-order valence-corrected chi connectivity index (χ3v) is 3.94. The van der Waals surface area contributed by atoms with Gasteiger partial charge in [-0.1, -0.05) is 30.7 Å². The van der Waals surface area contributed by atoms with Crippen LogP contribution < -0.4 is 0 Å². The Hall–Kier alpha value is -1.43. The van der Waals surface area contributed by atoms with E-state index >= 15 is 0 Å². The van der Waals surface area contributed by atoms with Crippen LogP contribution in [-0.4, -0.2) is 28.6 Å². The lowest BCUT2D eigenvalue weighted by molar-refractivity contribution is 0.576. The minimum absolute atomic E-state index is 0.108. The maximum atomic E-state index is 11.9. The first-order chi connectivity index (χ1) is 7.65. The summed E-state index contributed by atoms with van der Waals surface area (Å²) in [7, 11) is -3.36. The molecule has 2 aromatic rings. The minimum Gasteiger partial charge on any atom is -0.205 e. The van der Waals surface area contributed by atoms with Gasteiger partial charge in [0, 0.05) is 0 Å². The normalized spacial score (nSPS) is 12.1. The summed E-state index contributed by atoms with van der Waals surface area (Å²) in [6.07, 6.45) is 1.47. The van der Waals surface area contributed by atoms with Crippen LogP contribution in [0.4, 0.5) is 0 Å². The molecule has 0 atom stereocenters. The third-order valence-electron chi connectivity index (χ3n) is 2.34. The molecule has 0 amide bonds. The Kier molecular flexibility index (Phi) is 2.91. The zero-order valence-electron chi connectivity index (χ0n) is 9.00. The van der Waals surface area contributed by atoms with Crippen molar-refractivity contribution in [2.75, 3.05) is 5.75 Å². The molecule has 1 aromatic heterocycles. The molecular formula is C10H13N3O2S. The van der Waals surface area contributed by atoms with Crippen LogP contribution in [-0.2, 0) is 10.0 Å². The van der Waals surface area contributed by atoms with Crippen LogP contribution in [0.5, 0.6) is 0 Å². The van der Waals surface area contributed by atoms with Gasteiger partial charge in [-0.3, -0.25) is 0 Å². The average Bonchev–Trinajstić information content (AvgIpc) is 2.71. The summed E-state index contributed by atoms with van der Waals surface area (Å²) in [4.78, 5) is 0. The number of aromatic nitrogens is 3. The van der Waals surface area contributed by atoms with Gasteiger partial charge < -0.3 is 0 Å². The van der Waals surface area contributed by atoms with E-state index in [4.69, 9.17) is 0 Å². The van der Waals surface area contributed by atoms with E-state index in [0.717, 1.165) is 10.5 Å². The van der Waals surface area contributed by atoms with Gasteiger partial charge in [0.15, 0.2) is 0 Å². The van der Waals surface area contributed by atoms with Crippen LogP contribution >= 0.6 is 0 Å². The molecule has 0 saturated carbocycles. The number of nitrogens with zero attached hydrogens (tertiary/aromatic N) is 3. The van der Waals surface area contributed by atoms with Crippen molar-refractivity contribution >= 4 is 21.1 Å². The first-order valence-corrected chi connectivity index (χ1v) is 6.80. The predicted octanol–water partition coefficient (Wildman–Crippen LogP) is 1.41. The van der Waals surface area contributed by atoms with Crippen LogP contribution in [0.15, 0.2) is 24.3 Å². The first kappa shape index (κ1) is 11.1. The number of benzene rings is 1. The molecule has 6 heteroatoms. The molecule has 0 radical (unpaired) electrons. The fourth-order valence-electron chi connectivity index (χ4n) is 1.47. The van der Waals surface area contributed by atoms with Crippen molar-refractivity contribution < 1.29 is 8.42 Å². The number of rotatable bonds is 4. The van der Waals surface area contributed by atoms with Gasteiger partial charge in [0.05, 0.1) is 5.75 Å². The number of para-hydroxylation sites is 1. The molecule has 0 saturated heterocycles. The van der Waals surface area contributed by atoms with Crippen molar-refractivity contribution in [3.05, 3.63) is 24.3 Å². The Morgan fingerprint density at radius 1 is 1.31 bits per heavy atom. The SMILES string of the molecule is CCCCS(=O)(=O)n1nnc2ccccc21. The largest absolute Gasteiger partial charge is 0.255 e. The van der Waals surface area contributed by atoms with Crippen LogP contribution in [0.3, 0.4) is 0 Å². The van der Waals surface area contributed by atoms with Crippen LogP contribution in [0.2, 0.25) is 0 Å². The van der Waals surface area contributed by atoms with E-state index in [9.17, 15) is 8.42 Å². The molecule has 0 N–H and O–H groups in total. The number of fused-ring (bicyclic) bond motifs is 1. The molecule has 86 valence electrons. The van der Waals surface area contributed by atoms with Gasteiger partial charge in [-0.15, -0.1) is 9.19 Å². The molecule has 0 aliphatic heterocycles. The zero-order valence-corrected chi connectivity index (χ0v) is 9.81. The van der Waals surface area contributed by atoms with Crippen LogP contribution in [0, 0.1) is 0 Å². The van der Waals surface area contributed by atoms with E-state index < -0.39 is 10.0 Å². The van der Waals surface area contributed by atoms with Gasteiger partial charge in [-0.25, -0.2) is 8.42 Å². The summed E-state index contributed by atoms with van der Waals surface area (Å²) < 4.78 is 24.9. The molecule has 1 heterocycles. The molecule has 0 unspecified atom stereocenters. The highest BCUT2D eigenvalue weighted by Crippen LogP contribution is 2.12. The molecule has 0 spiro atoms. The zero-order chi connectivity index (χ0) is 11.6. The van der Waals surface area contributed by atoms with E-state index in [0.29, 0.717) is 17.5 Å². The highest BCUT2D eigenvalue weighted by atomic mass is 32.2. The minimum atomic E-state index is -3.36. The molecule has 0 fully saturated rings. The molecule has 5 nitrogen and oxygen atoms in total. The quantitative estimate of drug-likeness (QED) is 0.809. The van der Waals surface area contributed by atoms with Gasteiger partial charge in [0.2, 0.25) is 0 Å². The Bertz CT molecular complexity index is 589. The van der Waals surface area contributed by atoms with Crippen molar-refractivity contribution in [3.63, 3.8) is 0 Å². The fourth-order valence-corrected chi connectivity index (χ4v) is 2.89. The summed E-state index contributed by atoms with van der Waals surface area (Å²) >= 11 is 0. The van der Waals surface area contributed by atoms with Crippen LogP contribution in [0.25, 0.3) is 11.0 Å². The highest BCUT2D eigenvalue weighted by molar-refractivity contribution is 7.89. The number of hydrogen-bond acceptors (Lipinski definition) is 4. The summed E-state index contributed by atoms with van der Waals surface area (Å²) in [5, 5.41) is 7.53. The van der Waals surface area contributed by atoms with Gasteiger partial charge >= 0.3 is 0 Å². The maximum absolute atomic E-state index is 11.9. The van der Waals surface area contributed by atoms with Gasteiger partial charge in [-0.05, 0) is 18.6 Å². The number of unbranched alkanes of at least 4 members (excludes halogenated alkanes) is 1.